The van der Waals surface area contributed by atoms with Crippen molar-refractivity contribution in [3.05, 3.63) is 23.9 Å². The number of alkyl halides is 3. The maximum atomic E-state index is 12.7. The molecule has 2 atom stereocenters. The van der Waals surface area contributed by atoms with Crippen molar-refractivity contribution in [2.24, 2.45) is 11.7 Å². The van der Waals surface area contributed by atoms with Gasteiger partial charge in [-0.3, -0.25) is 0 Å². The van der Waals surface area contributed by atoms with Gasteiger partial charge in [0.15, 0.2) is 0 Å². The average Bonchev–Trinajstić information content (AvgIpc) is 2.38. The molecule has 0 radical (unpaired) electrons. The molecule has 1 saturated heterocycles. The number of nitrogens with zero attached hydrogens (tertiary/aromatic N) is 2. The maximum absolute atomic E-state index is 12.7. The van der Waals surface area contributed by atoms with E-state index in [0.29, 0.717) is 24.8 Å². The minimum absolute atomic E-state index is 0.132. The van der Waals surface area contributed by atoms with Crippen LogP contribution < -0.4 is 10.6 Å². The van der Waals surface area contributed by atoms with E-state index >= 15 is 0 Å². The molecule has 106 valence electrons. The molecule has 2 heterocycles. The van der Waals surface area contributed by atoms with Gasteiger partial charge in [-0.1, -0.05) is 13.3 Å². The van der Waals surface area contributed by atoms with Crippen molar-refractivity contribution >= 4 is 5.82 Å². The van der Waals surface area contributed by atoms with Crippen molar-refractivity contribution in [2.45, 2.75) is 32.0 Å². The predicted octanol–water partition coefficient (Wildman–Crippen LogP) is 2.66. The van der Waals surface area contributed by atoms with Crippen LogP contribution in [0.4, 0.5) is 19.0 Å². The zero-order valence-electron chi connectivity index (χ0n) is 10.8. The van der Waals surface area contributed by atoms with E-state index < -0.39 is 11.7 Å². The lowest BCUT2D eigenvalue weighted by Gasteiger charge is -2.37. The van der Waals surface area contributed by atoms with Crippen LogP contribution >= 0.6 is 0 Å². The van der Waals surface area contributed by atoms with Crippen LogP contribution in [0.25, 0.3) is 0 Å². The van der Waals surface area contributed by atoms with Gasteiger partial charge in [-0.05, 0) is 24.5 Å². The lowest BCUT2D eigenvalue weighted by atomic mass is 9.91. The van der Waals surface area contributed by atoms with Crippen LogP contribution in [-0.4, -0.2) is 24.1 Å². The first-order valence-electron chi connectivity index (χ1n) is 6.45. The molecule has 6 heteroatoms. The summed E-state index contributed by atoms with van der Waals surface area (Å²) in [6.07, 6.45) is -1.39. The minimum atomic E-state index is -4.33. The van der Waals surface area contributed by atoms with E-state index in [9.17, 15) is 13.2 Å². The Hall–Kier alpha value is -1.30. The first kappa shape index (κ1) is 14.1. The molecule has 0 spiro atoms. The van der Waals surface area contributed by atoms with Crippen LogP contribution in [0.5, 0.6) is 0 Å². The van der Waals surface area contributed by atoms with Crippen LogP contribution in [0.15, 0.2) is 18.3 Å². The van der Waals surface area contributed by atoms with Crippen molar-refractivity contribution in [1.82, 2.24) is 4.98 Å². The summed E-state index contributed by atoms with van der Waals surface area (Å²) in [7, 11) is 0. The molecule has 0 bridgehead atoms. The van der Waals surface area contributed by atoms with E-state index in [1.165, 1.54) is 6.20 Å². The Labute approximate surface area is 110 Å². The number of hydrogen-bond donors (Lipinski definition) is 1. The molecule has 0 saturated carbocycles. The Bertz CT molecular complexity index is 433. The van der Waals surface area contributed by atoms with Gasteiger partial charge in [-0.2, -0.15) is 13.2 Å². The zero-order chi connectivity index (χ0) is 14.0. The Morgan fingerprint density at radius 3 is 2.84 bits per heavy atom. The zero-order valence-corrected chi connectivity index (χ0v) is 10.8. The molecule has 1 aliphatic rings. The Morgan fingerprint density at radius 1 is 1.47 bits per heavy atom. The third-order valence-electron chi connectivity index (χ3n) is 3.71. The van der Waals surface area contributed by atoms with E-state index in [-0.39, 0.29) is 6.04 Å². The summed E-state index contributed by atoms with van der Waals surface area (Å²) < 4.78 is 38.0. The minimum Gasteiger partial charge on any atom is -0.356 e. The monoisotopic (exact) mass is 273 g/mol. The van der Waals surface area contributed by atoms with Gasteiger partial charge >= 0.3 is 6.18 Å². The number of piperidine rings is 1. The number of halogens is 3. The van der Waals surface area contributed by atoms with Gasteiger partial charge in [-0.25, -0.2) is 4.98 Å². The second-order valence-corrected chi connectivity index (χ2v) is 4.97. The van der Waals surface area contributed by atoms with E-state index in [0.717, 1.165) is 25.0 Å². The van der Waals surface area contributed by atoms with E-state index in [1.54, 1.807) is 0 Å². The summed E-state index contributed by atoms with van der Waals surface area (Å²) in [5, 5.41) is 0. The third kappa shape index (κ3) is 3.18. The van der Waals surface area contributed by atoms with Gasteiger partial charge < -0.3 is 10.6 Å². The van der Waals surface area contributed by atoms with Crippen LogP contribution in [0.2, 0.25) is 0 Å². The summed E-state index contributed by atoms with van der Waals surface area (Å²) in [6, 6.07) is 2.24. The molecule has 1 aromatic rings. The highest BCUT2D eigenvalue weighted by Gasteiger charge is 2.32. The van der Waals surface area contributed by atoms with Crippen LogP contribution in [-0.2, 0) is 6.18 Å². The maximum Gasteiger partial charge on any atom is 0.416 e. The van der Waals surface area contributed by atoms with Gasteiger partial charge in [0.1, 0.15) is 5.82 Å². The topological polar surface area (TPSA) is 42.2 Å². The molecule has 2 rings (SSSR count). The largest absolute Gasteiger partial charge is 0.416 e. The third-order valence-corrected chi connectivity index (χ3v) is 3.71. The molecule has 19 heavy (non-hydrogen) atoms. The quantitative estimate of drug-likeness (QED) is 0.900. The highest BCUT2D eigenvalue weighted by atomic mass is 19.4. The van der Waals surface area contributed by atoms with Crippen LogP contribution in [0.3, 0.4) is 0 Å². The SMILES string of the molecule is CCC1CN(c2cc(C(F)(F)F)ccn2)CCC1N. The average molecular weight is 273 g/mol. The first-order valence-corrected chi connectivity index (χ1v) is 6.45. The van der Waals surface area contributed by atoms with E-state index in [2.05, 4.69) is 4.98 Å². The molecular formula is C13H18F3N3. The number of aromatic nitrogens is 1. The number of hydrogen-bond acceptors (Lipinski definition) is 3. The van der Waals surface area contributed by atoms with Crippen LogP contribution in [0.1, 0.15) is 25.3 Å². The molecule has 0 aromatic carbocycles. The van der Waals surface area contributed by atoms with Crippen molar-refractivity contribution in [1.29, 1.82) is 0 Å². The van der Waals surface area contributed by atoms with Gasteiger partial charge in [0.25, 0.3) is 0 Å². The summed E-state index contributed by atoms with van der Waals surface area (Å²) >= 11 is 0. The number of rotatable bonds is 2. The van der Waals surface area contributed by atoms with Crippen LogP contribution in [0, 0.1) is 5.92 Å². The van der Waals surface area contributed by atoms with Gasteiger partial charge in [0.2, 0.25) is 0 Å². The predicted molar refractivity (Wildman–Crippen MR) is 67.8 cm³/mol. The number of anilines is 1. The number of nitrogens with two attached hydrogens (primary N) is 1. The fraction of sp³-hybridized carbons (Fsp3) is 0.615. The van der Waals surface area contributed by atoms with E-state index in [1.807, 2.05) is 11.8 Å². The smallest absolute Gasteiger partial charge is 0.356 e. The molecule has 3 nitrogen and oxygen atoms in total. The standard InChI is InChI=1S/C13H18F3N3/c1-2-9-8-19(6-4-11(9)17)12-7-10(3-5-18-12)13(14,15)16/h3,5,7,9,11H,2,4,6,8,17H2,1H3. The van der Waals surface area contributed by atoms with Crippen molar-refractivity contribution in [2.75, 3.05) is 18.0 Å². The molecule has 1 aromatic heterocycles. The fourth-order valence-corrected chi connectivity index (χ4v) is 2.46. The molecule has 2 N–H and O–H groups in total. The highest BCUT2D eigenvalue weighted by Crippen LogP contribution is 2.31. The first-order chi connectivity index (χ1) is 8.91. The Kier molecular flexibility index (Phi) is 3.99. The molecule has 0 amide bonds. The molecule has 1 fully saturated rings. The highest BCUT2D eigenvalue weighted by molar-refractivity contribution is 5.42. The summed E-state index contributed by atoms with van der Waals surface area (Å²) in [5.41, 5.74) is 5.35. The second-order valence-electron chi connectivity index (χ2n) is 4.97. The van der Waals surface area contributed by atoms with Gasteiger partial charge in [0.05, 0.1) is 5.56 Å². The molecule has 2 unspecified atom stereocenters. The van der Waals surface area contributed by atoms with Gasteiger partial charge in [-0.15, -0.1) is 0 Å². The van der Waals surface area contributed by atoms with Crippen molar-refractivity contribution < 1.29 is 13.2 Å². The number of pyridine rings is 1. The van der Waals surface area contributed by atoms with Crippen molar-refractivity contribution in [3.8, 4) is 0 Å². The van der Waals surface area contributed by atoms with E-state index in [4.69, 9.17) is 5.73 Å². The molecule has 1 aliphatic heterocycles. The lowest BCUT2D eigenvalue weighted by molar-refractivity contribution is -0.137. The Balaban J connectivity index is 2.18. The second kappa shape index (κ2) is 5.36. The van der Waals surface area contributed by atoms with Gasteiger partial charge in [0, 0.05) is 25.3 Å². The molecular weight excluding hydrogens is 255 g/mol. The van der Waals surface area contributed by atoms with Crippen molar-refractivity contribution in [3.63, 3.8) is 0 Å². The Morgan fingerprint density at radius 2 is 2.21 bits per heavy atom. The lowest BCUT2D eigenvalue weighted by Crippen LogP contribution is -2.47. The summed E-state index contributed by atoms with van der Waals surface area (Å²) in [4.78, 5) is 5.95. The fourth-order valence-electron chi connectivity index (χ4n) is 2.46. The normalized spacial score (nSPS) is 24.6. The summed E-state index contributed by atoms with van der Waals surface area (Å²) in [5.74, 6) is 0.699. The summed E-state index contributed by atoms with van der Waals surface area (Å²) in [6.45, 7) is 3.38. The molecule has 0 aliphatic carbocycles.